The number of ether oxygens (including phenoxy) is 1. The van der Waals surface area contributed by atoms with Crippen molar-refractivity contribution in [3.63, 3.8) is 0 Å². The molecule has 1 aromatic rings. The molecule has 2 rings (SSSR count). The van der Waals surface area contributed by atoms with E-state index < -0.39 is 5.60 Å². The summed E-state index contributed by atoms with van der Waals surface area (Å²) in [5.41, 5.74) is 1.42. The van der Waals surface area contributed by atoms with E-state index >= 15 is 0 Å². The predicted molar refractivity (Wildman–Crippen MR) is 79.8 cm³/mol. The van der Waals surface area contributed by atoms with Crippen molar-refractivity contribution in [3.05, 3.63) is 16.6 Å². The van der Waals surface area contributed by atoms with Crippen LogP contribution in [0, 0.1) is 0 Å². The van der Waals surface area contributed by atoms with Crippen LogP contribution in [-0.4, -0.2) is 40.7 Å². The first-order chi connectivity index (χ1) is 9.44. The summed E-state index contributed by atoms with van der Waals surface area (Å²) in [6, 6.07) is 0.393. The number of carbonyl (C=O) groups is 1. The Morgan fingerprint density at radius 3 is 3.05 bits per heavy atom. The van der Waals surface area contributed by atoms with Gasteiger partial charge in [-0.25, -0.2) is 4.79 Å². The molecule has 1 amide bonds. The van der Waals surface area contributed by atoms with Gasteiger partial charge in [-0.05, 0) is 40.2 Å². The van der Waals surface area contributed by atoms with Crippen LogP contribution in [0.2, 0.25) is 0 Å². The van der Waals surface area contributed by atoms with Gasteiger partial charge in [0.15, 0.2) is 0 Å². The zero-order valence-electron chi connectivity index (χ0n) is 12.4. The van der Waals surface area contributed by atoms with Gasteiger partial charge in [0.2, 0.25) is 0 Å². The fourth-order valence-corrected chi connectivity index (χ4v) is 2.99. The number of nitrogens with one attached hydrogen (secondary N) is 1. The van der Waals surface area contributed by atoms with Crippen LogP contribution in [0.15, 0.2) is 11.7 Å². The van der Waals surface area contributed by atoms with Crippen LogP contribution in [0.1, 0.15) is 38.5 Å². The van der Waals surface area contributed by atoms with Crippen LogP contribution in [-0.2, 0) is 11.3 Å². The van der Waals surface area contributed by atoms with Crippen molar-refractivity contribution in [2.75, 3.05) is 13.1 Å². The lowest BCUT2D eigenvalue weighted by Gasteiger charge is -2.25. The van der Waals surface area contributed by atoms with E-state index in [-0.39, 0.29) is 6.09 Å². The highest BCUT2D eigenvalue weighted by atomic mass is 32.1. The number of hydrogen-bond donors (Lipinski definition) is 1. The first kappa shape index (κ1) is 15.3. The molecular formula is C14H23N3O2S. The molecular weight excluding hydrogens is 274 g/mol. The van der Waals surface area contributed by atoms with Crippen molar-refractivity contribution >= 4 is 17.4 Å². The number of aromatic nitrogens is 1. The minimum atomic E-state index is -0.442. The molecule has 0 bridgehead atoms. The Morgan fingerprint density at radius 1 is 1.60 bits per heavy atom. The van der Waals surface area contributed by atoms with E-state index in [4.69, 9.17) is 4.74 Å². The molecule has 1 atom stereocenters. The SMILES string of the molecule is CC(C)(C)OC(=O)NC[C@H]1CCCN1Cc1cncs1. The molecule has 5 nitrogen and oxygen atoms in total. The van der Waals surface area contributed by atoms with E-state index in [2.05, 4.69) is 15.2 Å². The number of alkyl carbamates (subject to hydrolysis) is 1. The van der Waals surface area contributed by atoms with E-state index in [1.807, 2.05) is 32.5 Å². The average Bonchev–Trinajstić information content (AvgIpc) is 2.96. The number of amides is 1. The molecule has 0 aliphatic carbocycles. The molecule has 6 heteroatoms. The second kappa shape index (κ2) is 6.54. The van der Waals surface area contributed by atoms with Crippen molar-refractivity contribution < 1.29 is 9.53 Å². The molecule has 0 radical (unpaired) electrons. The van der Waals surface area contributed by atoms with Crippen LogP contribution in [0.5, 0.6) is 0 Å². The molecule has 1 aliphatic heterocycles. The molecule has 2 heterocycles. The smallest absolute Gasteiger partial charge is 0.407 e. The van der Waals surface area contributed by atoms with E-state index in [1.165, 1.54) is 11.3 Å². The van der Waals surface area contributed by atoms with Crippen LogP contribution in [0.3, 0.4) is 0 Å². The highest BCUT2D eigenvalue weighted by molar-refractivity contribution is 7.09. The maximum atomic E-state index is 11.7. The van der Waals surface area contributed by atoms with Gasteiger partial charge in [-0.2, -0.15) is 0 Å². The number of likely N-dealkylation sites (tertiary alicyclic amines) is 1. The quantitative estimate of drug-likeness (QED) is 0.928. The Balaban J connectivity index is 1.78. The molecule has 1 saturated heterocycles. The summed E-state index contributed by atoms with van der Waals surface area (Å²) in [5, 5.41) is 2.88. The Labute approximate surface area is 124 Å². The third-order valence-electron chi connectivity index (χ3n) is 3.22. The largest absolute Gasteiger partial charge is 0.444 e. The summed E-state index contributed by atoms with van der Waals surface area (Å²) < 4.78 is 5.26. The van der Waals surface area contributed by atoms with Gasteiger partial charge < -0.3 is 10.1 Å². The zero-order valence-corrected chi connectivity index (χ0v) is 13.2. The maximum Gasteiger partial charge on any atom is 0.407 e. The Kier molecular flexibility index (Phi) is 4.99. The van der Waals surface area contributed by atoms with Gasteiger partial charge in [0.25, 0.3) is 0 Å². The second-order valence-electron chi connectivity index (χ2n) is 6.12. The number of rotatable bonds is 4. The molecule has 0 spiro atoms. The molecule has 1 aliphatic rings. The Morgan fingerprint density at radius 2 is 2.40 bits per heavy atom. The summed E-state index contributed by atoms with van der Waals surface area (Å²) in [6.45, 7) is 8.27. The molecule has 1 fully saturated rings. The zero-order chi connectivity index (χ0) is 14.6. The van der Waals surface area contributed by atoms with Crippen LogP contribution >= 0.6 is 11.3 Å². The van der Waals surface area contributed by atoms with Gasteiger partial charge in [-0.15, -0.1) is 11.3 Å². The van der Waals surface area contributed by atoms with Gasteiger partial charge in [-0.3, -0.25) is 9.88 Å². The summed E-state index contributed by atoms with van der Waals surface area (Å²) in [5.74, 6) is 0. The van der Waals surface area contributed by atoms with Crippen LogP contribution in [0.4, 0.5) is 4.79 Å². The lowest BCUT2D eigenvalue weighted by molar-refractivity contribution is 0.0512. The highest BCUT2D eigenvalue weighted by Gasteiger charge is 2.26. The molecule has 1 N–H and O–H groups in total. The molecule has 20 heavy (non-hydrogen) atoms. The van der Waals surface area contributed by atoms with Crippen LogP contribution in [0.25, 0.3) is 0 Å². The summed E-state index contributed by atoms with van der Waals surface area (Å²) in [6.07, 6.45) is 3.89. The lowest BCUT2D eigenvalue weighted by atomic mass is 10.2. The normalized spacial score (nSPS) is 20.1. The second-order valence-corrected chi connectivity index (χ2v) is 7.09. The summed E-state index contributed by atoms with van der Waals surface area (Å²) >= 11 is 1.68. The minimum absolute atomic E-state index is 0.331. The third kappa shape index (κ3) is 4.76. The van der Waals surface area contributed by atoms with E-state index in [0.717, 1.165) is 19.5 Å². The van der Waals surface area contributed by atoms with Gasteiger partial charge in [0, 0.05) is 30.2 Å². The number of hydrogen-bond acceptors (Lipinski definition) is 5. The Bertz CT molecular complexity index is 428. The average molecular weight is 297 g/mol. The molecule has 112 valence electrons. The number of nitrogens with zero attached hydrogens (tertiary/aromatic N) is 2. The van der Waals surface area contributed by atoms with E-state index in [0.29, 0.717) is 12.6 Å². The topological polar surface area (TPSA) is 54.5 Å². The molecule has 1 aromatic heterocycles. The van der Waals surface area contributed by atoms with Crippen LogP contribution < -0.4 is 5.32 Å². The standard InChI is InChI=1S/C14H23N3O2S/c1-14(2,3)19-13(18)16-7-11-5-4-6-17(11)9-12-8-15-10-20-12/h8,10-11H,4-7,9H2,1-3H3,(H,16,18)/t11-/m1/s1. The summed E-state index contributed by atoms with van der Waals surface area (Å²) in [4.78, 5) is 19.5. The monoisotopic (exact) mass is 297 g/mol. The third-order valence-corrected chi connectivity index (χ3v) is 3.99. The van der Waals surface area contributed by atoms with Crippen molar-refractivity contribution in [2.24, 2.45) is 0 Å². The van der Waals surface area contributed by atoms with Crippen molar-refractivity contribution in [2.45, 2.75) is 51.8 Å². The minimum Gasteiger partial charge on any atom is -0.444 e. The maximum absolute atomic E-state index is 11.7. The summed E-state index contributed by atoms with van der Waals surface area (Å²) in [7, 11) is 0. The molecule has 0 unspecified atom stereocenters. The number of thiazole rings is 1. The van der Waals surface area contributed by atoms with Crippen molar-refractivity contribution in [1.29, 1.82) is 0 Å². The van der Waals surface area contributed by atoms with Crippen molar-refractivity contribution in [3.8, 4) is 0 Å². The predicted octanol–water partition coefficient (Wildman–Crippen LogP) is 2.63. The van der Waals surface area contributed by atoms with Gasteiger partial charge in [0.1, 0.15) is 5.60 Å². The van der Waals surface area contributed by atoms with E-state index in [1.54, 1.807) is 11.3 Å². The first-order valence-electron chi connectivity index (χ1n) is 7.02. The van der Waals surface area contributed by atoms with Gasteiger partial charge >= 0.3 is 6.09 Å². The van der Waals surface area contributed by atoms with Crippen molar-refractivity contribution in [1.82, 2.24) is 15.2 Å². The lowest BCUT2D eigenvalue weighted by Crippen LogP contribution is -2.41. The van der Waals surface area contributed by atoms with Gasteiger partial charge in [0.05, 0.1) is 5.51 Å². The molecule has 0 aromatic carbocycles. The number of carbonyl (C=O) groups excluding carboxylic acids is 1. The Hall–Kier alpha value is -1.14. The van der Waals surface area contributed by atoms with Gasteiger partial charge in [-0.1, -0.05) is 0 Å². The fraction of sp³-hybridized carbons (Fsp3) is 0.714. The van der Waals surface area contributed by atoms with E-state index in [9.17, 15) is 4.79 Å². The highest BCUT2D eigenvalue weighted by Crippen LogP contribution is 2.21. The molecule has 0 saturated carbocycles. The first-order valence-corrected chi connectivity index (χ1v) is 7.90. The fourth-order valence-electron chi connectivity index (χ4n) is 2.37.